The molecular formula is C13H20ClN3O2S. The van der Waals surface area contributed by atoms with E-state index in [0.717, 1.165) is 25.8 Å². The van der Waals surface area contributed by atoms with E-state index in [0.29, 0.717) is 23.3 Å². The van der Waals surface area contributed by atoms with Crippen LogP contribution in [0.5, 0.6) is 0 Å². The molecule has 2 N–H and O–H groups in total. The van der Waals surface area contributed by atoms with Crippen LogP contribution >= 0.6 is 11.6 Å². The minimum absolute atomic E-state index is 0.115. The van der Waals surface area contributed by atoms with Crippen LogP contribution in [0.3, 0.4) is 0 Å². The van der Waals surface area contributed by atoms with Crippen molar-refractivity contribution in [1.29, 1.82) is 0 Å². The van der Waals surface area contributed by atoms with Gasteiger partial charge in [0.25, 0.3) is 0 Å². The van der Waals surface area contributed by atoms with Crippen molar-refractivity contribution in [2.24, 2.45) is 5.92 Å². The molecule has 1 aromatic heterocycles. The van der Waals surface area contributed by atoms with E-state index in [1.807, 2.05) is 6.92 Å². The normalized spacial score (nSPS) is 15.9. The summed E-state index contributed by atoms with van der Waals surface area (Å²) in [5.74, 6) is 0.991. The van der Waals surface area contributed by atoms with Crippen LogP contribution in [0.4, 0.5) is 5.82 Å². The van der Waals surface area contributed by atoms with Crippen LogP contribution in [0, 0.1) is 5.92 Å². The smallest absolute Gasteiger partial charge is 0.242 e. The second-order valence-electron chi connectivity index (χ2n) is 5.08. The number of nitrogens with zero attached hydrogens (tertiary/aromatic N) is 1. The highest BCUT2D eigenvalue weighted by molar-refractivity contribution is 7.89. The minimum atomic E-state index is -3.52. The summed E-state index contributed by atoms with van der Waals surface area (Å²) in [6, 6.07) is 1.44. The second-order valence-corrected chi connectivity index (χ2v) is 7.25. The summed E-state index contributed by atoms with van der Waals surface area (Å²) in [5, 5.41) is 3.38. The zero-order valence-electron chi connectivity index (χ0n) is 11.5. The molecule has 0 spiro atoms. The van der Waals surface area contributed by atoms with Gasteiger partial charge in [0.15, 0.2) is 0 Å². The molecular weight excluding hydrogens is 298 g/mol. The maximum absolute atomic E-state index is 12.1. The van der Waals surface area contributed by atoms with Crippen molar-refractivity contribution < 1.29 is 8.42 Å². The van der Waals surface area contributed by atoms with Gasteiger partial charge in [-0.25, -0.2) is 18.1 Å². The molecule has 5 nitrogen and oxygen atoms in total. The zero-order chi connectivity index (χ0) is 14.6. The fraction of sp³-hybridized carbons (Fsp3) is 0.615. The Kier molecular flexibility index (Phi) is 5.23. The van der Waals surface area contributed by atoms with Gasteiger partial charge >= 0.3 is 0 Å². The van der Waals surface area contributed by atoms with Crippen LogP contribution in [0.15, 0.2) is 17.2 Å². The lowest BCUT2D eigenvalue weighted by atomic mass is 9.86. The first kappa shape index (κ1) is 15.5. The maximum Gasteiger partial charge on any atom is 0.242 e. The minimum Gasteiger partial charge on any atom is -0.369 e. The Balaban J connectivity index is 2.04. The first-order valence-electron chi connectivity index (χ1n) is 6.92. The number of pyridine rings is 1. The molecule has 1 heterocycles. The first-order valence-corrected chi connectivity index (χ1v) is 8.78. The van der Waals surface area contributed by atoms with Crippen LogP contribution in [-0.2, 0) is 10.0 Å². The van der Waals surface area contributed by atoms with Crippen LogP contribution in [-0.4, -0.2) is 26.5 Å². The summed E-state index contributed by atoms with van der Waals surface area (Å²) in [5.41, 5.74) is 0. The van der Waals surface area contributed by atoms with Gasteiger partial charge in [0.2, 0.25) is 10.0 Å². The topological polar surface area (TPSA) is 71.1 Å². The average molecular weight is 318 g/mol. The van der Waals surface area contributed by atoms with Crippen molar-refractivity contribution in [1.82, 2.24) is 9.71 Å². The molecule has 0 aliphatic heterocycles. The number of rotatable bonds is 7. The van der Waals surface area contributed by atoms with Crippen molar-refractivity contribution in [2.45, 2.75) is 37.5 Å². The van der Waals surface area contributed by atoms with Crippen LogP contribution < -0.4 is 10.0 Å². The van der Waals surface area contributed by atoms with Gasteiger partial charge in [0.1, 0.15) is 10.7 Å². The Hall–Kier alpha value is -0.850. The number of anilines is 1. The van der Waals surface area contributed by atoms with Crippen molar-refractivity contribution >= 4 is 27.4 Å². The molecule has 0 amide bonds. The molecule has 0 aromatic carbocycles. The quantitative estimate of drug-likeness (QED) is 0.811. The van der Waals surface area contributed by atoms with Crippen molar-refractivity contribution in [2.75, 3.05) is 18.4 Å². The van der Waals surface area contributed by atoms with E-state index in [9.17, 15) is 8.42 Å². The highest BCUT2D eigenvalue weighted by atomic mass is 35.5. The highest BCUT2D eigenvalue weighted by Crippen LogP contribution is 2.26. The van der Waals surface area contributed by atoms with E-state index >= 15 is 0 Å². The summed E-state index contributed by atoms with van der Waals surface area (Å²) in [6.07, 6.45) is 5.67. The monoisotopic (exact) mass is 317 g/mol. The molecule has 0 saturated heterocycles. The molecule has 112 valence electrons. The number of sulfonamides is 1. The van der Waals surface area contributed by atoms with Crippen LogP contribution in [0.25, 0.3) is 0 Å². The predicted molar refractivity (Wildman–Crippen MR) is 80.6 cm³/mol. The van der Waals surface area contributed by atoms with Gasteiger partial charge in [0, 0.05) is 19.3 Å². The lowest BCUT2D eigenvalue weighted by molar-refractivity contribution is 0.316. The third-order valence-electron chi connectivity index (χ3n) is 3.46. The molecule has 1 saturated carbocycles. The fourth-order valence-electron chi connectivity index (χ4n) is 1.95. The Morgan fingerprint density at radius 3 is 2.75 bits per heavy atom. The first-order chi connectivity index (χ1) is 9.53. The summed E-state index contributed by atoms with van der Waals surface area (Å²) >= 11 is 6.06. The van der Waals surface area contributed by atoms with Crippen LogP contribution in [0.2, 0.25) is 5.02 Å². The van der Waals surface area contributed by atoms with E-state index in [2.05, 4.69) is 15.0 Å². The third-order valence-corrected chi connectivity index (χ3v) is 5.13. The molecule has 1 aliphatic carbocycles. The average Bonchev–Trinajstić information content (AvgIpc) is 2.35. The van der Waals surface area contributed by atoms with Crippen molar-refractivity contribution in [3.05, 3.63) is 17.3 Å². The molecule has 0 radical (unpaired) electrons. The van der Waals surface area contributed by atoms with Crippen molar-refractivity contribution in [3.8, 4) is 0 Å². The Morgan fingerprint density at radius 1 is 1.45 bits per heavy atom. The van der Waals surface area contributed by atoms with E-state index in [-0.39, 0.29) is 4.90 Å². The van der Waals surface area contributed by atoms with Gasteiger partial charge in [-0.05, 0) is 31.2 Å². The van der Waals surface area contributed by atoms with Gasteiger partial charge in [-0.3, -0.25) is 0 Å². The molecule has 1 aromatic rings. The van der Waals surface area contributed by atoms with E-state index < -0.39 is 10.0 Å². The largest absolute Gasteiger partial charge is 0.369 e. The number of halogens is 1. The number of hydrogen-bond acceptors (Lipinski definition) is 4. The van der Waals surface area contributed by atoms with E-state index in [1.54, 1.807) is 0 Å². The highest BCUT2D eigenvalue weighted by Gasteiger charge is 2.22. The van der Waals surface area contributed by atoms with Crippen LogP contribution in [0.1, 0.15) is 32.6 Å². The Labute approximate surface area is 125 Å². The Bertz CT molecular complexity index is 559. The molecule has 1 aliphatic rings. The number of hydrogen-bond donors (Lipinski definition) is 2. The molecule has 2 rings (SSSR count). The Morgan fingerprint density at radius 2 is 2.20 bits per heavy atom. The summed E-state index contributed by atoms with van der Waals surface area (Å²) in [7, 11) is -3.52. The standard InChI is InChI=1S/C13H20ClN3O2S/c1-2-6-15-13-12(14)7-11(9-16-13)20(18,19)17-8-10-4-3-5-10/h7,9-10,17H,2-6,8H2,1H3,(H,15,16). The number of nitrogens with one attached hydrogen (secondary N) is 2. The zero-order valence-corrected chi connectivity index (χ0v) is 13.1. The van der Waals surface area contributed by atoms with E-state index in [1.165, 1.54) is 18.7 Å². The fourth-order valence-corrected chi connectivity index (χ4v) is 3.33. The van der Waals surface area contributed by atoms with E-state index in [4.69, 9.17) is 11.6 Å². The maximum atomic E-state index is 12.1. The predicted octanol–water partition coefficient (Wildman–Crippen LogP) is 2.64. The molecule has 0 atom stereocenters. The molecule has 1 fully saturated rings. The molecule has 20 heavy (non-hydrogen) atoms. The van der Waals surface area contributed by atoms with Gasteiger partial charge in [-0.15, -0.1) is 0 Å². The van der Waals surface area contributed by atoms with Gasteiger partial charge in [0.05, 0.1) is 5.02 Å². The second kappa shape index (κ2) is 6.74. The van der Waals surface area contributed by atoms with Gasteiger partial charge in [-0.2, -0.15) is 0 Å². The lowest BCUT2D eigenvalue weighted by Gasteiger charge is -2.25. The summed E-state index contributed by atoms with van der Waals surface area (Å²) in [4.78, 5) is 4.20. The summed E-state index contributed by atoms with van der Waals surface area (Å²) < 4.78 is 26.9. The van der Waals surface area contributed by atoms with Crippen molar-refractivity contribution in [3.63, 3.8) is 0 Å². The SMILES string of the molecule is CCCNc1ncc(S(=O)(=O)NCC2CCC2)cc1Cl. The number of aromatic nitrogens is 1. The summed E-state index contributed by atoms with van der Waals surface area (Å²) in [6.45, 7) is 3.28. The molecule has 0 bridgehead atoms. The molecule has 0 unspecified atom stereocenters. The molecule has 7 heteroatoms. The van der Waals surface area contributed by atoms with Gasteiger partial charge < -0.3 is 5.32 Å². The third kappa shape index (κ3) is 3.84. The lowest BCUT2D eigenvalue weighted by Crippen LogP contribution is -2.32. The van der Waals surface area contributed by atoms with Gasteiger partial charge in [-0.1, -0.05) is 24.9 Å².